The van der Waals surface area contributed by atoms with Crippen molar-refractivity contribution in [3.05, 3.63) is 30.1 Å². The van der Waals surface area contributed by atoms with Gasteiger partial charge in [-0.3, -0.25) is 14.6 Å². The molecule has 1 spiro atoms. The molecule has 2 amide bonds. The Kier molecular flexibility index (Phi) is 3.66. The zero-order chi connectivity index (χ0) is 14.9. The van der Waals surface area contributed by atoms with Crippen molar-refractivity contribution in [2.75, 3.05) is 0 Å². The van der Waals surface area contributed by atoms with Gasteiger partial charge in [-0.2, -0.15) is 0 Å². The molecule has 2 aliphatic rings. The summed E-state index contributed by atoms with van der Waals surface area (Å²) in [6, 6.07) is 3.37. The standard InChI is InChI=1S/C16H21N3O2/c1-12-14(20)19(11-13-6-5-9-17-10-13)16(15(21)18-12)7-3-2-4-8-16/h5-6,9-10,12H,2-4,7-8,11H2,1H3,(H,18,21). The Hall–Kier alpha value is -1.91. The molecule has 1 aliphatic heterocycles. The van der Waals surface area contributed by atoms with Gasteiger partial charge < -0.3 is 10.2 Å². The van der Waals surface area contributed by atoms with Crippen molar-refractivity contribution in [3.63, 3.8) is 0 Å². The quantitative estimate of drug-likeness (QED) is 0.899. The van der Waals surface area contributed by atoms with E-state index in [1.54, 1.807) is 24.2 Å². The minimum absolute atomic E-state index is 0.0122. The van der Waals surface area contributed by atoms with Crippen molar-refractivity contribution in [3.8, 4) is 0 Å². The zero-order valence-corrected chi connectivity index (χ0v) is 12.3. The van der Waals surface area contributed by atoms with Crippen molar-refractivity contribution in [2.45, 2.75) is 57.2 Å². The largest absolute Gasteiger partial charge is 0.343 e. The molecule has 1 unspecified atom stereocenters. The monoisotopic (exact) mass is 287 g/mol. The van der Waals surface area contributed by atoms with E-state index >= 15 is 0 Å². The highest BCUT2D eigenvalue weighted by molar-refractivity contribution is 5.99. The third kappa shape index (κ3) is 2.41. The van der Waals surface area contributed by atoms with Crippen LogP contribution in [0.5, 0.6) is 0 Å². The lowest BCUT2D eigenvalue weighted by Gasteiger charge is -2.49. The summed E-state index contributed by atoms with van der Waals surface area (Å²) in [7, 11) is 0. The Morgan fingerprint density at radius 1 is 1.33 bits per heavy atom. The summed E-state index contributed by atoms with van der Waals surface area (Å²) in [5, 5.41) is 2.86. The number of nitrogens with zero attached hydrogens (tertiary/aromatic N) is 2. The van der Waals surface area contributed by atoms with Crippen LogP contribution in [0.2, 0.25) is 0 Å². The first kappa shape index (κ1) is 14.0. The number of pyridine rings is 1. The van der Waals surface area contributed by atoms with Gasteiger partial charge in [-0.05, 0) is 31.4 Å². The second-order valence-corrected chi connectivity index (χ2v) is 6.07. The van der Waals surface area contributed by atoms with E-state index < -0.39 is 11.6 Å². The third-order valence-electron chi connectivity index (χ3n) is 4.67. The van der Waals surface area contributed by atoms with Crippen LogP contribution in [0.15, 0.2) is 24.5 Å². The van der Waals surface area contributed by atoms with Crippen molar-refractivity contribution < 1.29 is 9.59 Å². The van der Waals surface area contributed by atoms with E-state index in [0.717, 1.165) is 37.7 Å². The smallest absolute Gasteiger partial charge is 0.246 e. The van der Waals surface area contributed by atoms with E-state index in [4.69, 9.17) is 0 Å². The number of aromatic nitrogens is 1. The number of amides is 2. The summed E-state index contributed by atoms with van der Waals surface area (Å²) in [4.78, 5) is 31.2. The molecule has 1 aromatic heterocycles. The predicted molar refractivity (Wildman–Crippen MR) is 78.2 cm³/mol. The molecule has 1 N–H and O–H groups in total. The number of carbonyl (C=O) groups excluding carboxylic acids is 2. The van der Waals surface area contributed by atoms with Crippen LogP contribution in [-0.4, -0.2) is 33.3 Å². The minimum Gasteiger partial charge on any atom is -0.343 e. The molecule has 3 rings (SSSR count). The molecule has 1 aliphatic carbocycles. The van der Waals surface area contributed by atoms with Crippen LogP contribution in [0, 0.1) is 0 Å². The molecule has 2 fully saturated rings. The molecule has 0 radical (unpaired) electrons. The number of piperazine rings is 1. The van der Waals surface area contributed by atoms with Gasteiger partial charge in [0.15, 0.2) is 0 Å². The Bertz CT molecular complexity index is 538. The maximum absolute atomic E-state index is 12.6. The van der Waals surface area contributed by atoms with E-state index in [0.29, 0.717) is 6.54 Å². The van der Waals surface area contributed by atoms with Gasteiger partial charge in [-0.1, -0.05) is 25.3 Å². The summed E-state index contributed by atoms with van der Waals surface area (Å²) in [6.45, 7) is 2.22. The number of nitrogens with one attached hydrogen (secondary N) is 1. The lowest BCUT2D eigenvalue weighted by atomic mass is 9.77. The van der Waals surface area contributed by atoms with Crippen molar-refractivity contribution in [1.82, 2.24) is 15.2 Å². The molecule has 5 nitrogen and oxygen atoms in total. The van der Waals surface area contributed by atoms with E-state index in [2.05, 4.69) is 10.3 Å². The van der Waals surface area contributed by atoms with Crippen LogP contribution >= 0.6 is 0 Å². The molecule has 21 heavy (non-hydrogen) atoms. The average molecular weight is 287 g/mol. The first-order chi connectivity index (χ1) is 10.1. The van der Waals surface area contributed by atoms with E-state index in [-0.39, 0.29) is 11.8 Å². The normalized spacial score (nSPS) is 25.0. The summed E-state index contributed by atoms with van der Waals surface area (Å²) in [5.41, 5.74) is 0.315. The topological polar surface area (TPSA) is 62.3 Å². The fraction of sp³-hybridized carbons (Fsp3) is 0.562. The van der Waals surface area contributed by atoms with Crippen LogP contribution in [0.3, 0.4) is 0 Å². The second kappa shape index (κ2) is 5.47. The van der Waals surface area contributed by atoms with Crippen LogP contribution < -0.4 is 5.32 Å². The van der Waals surface area contributed by atoms with Gasteiger partial charge in [0.1, 0.15) is 11.6 Å². The molecule has 1 atom stereocenters. The molecular formula is C16H21N3O2. The SMILES string of the molecule is CC1NC(=O)C2(CCCCC2)N(Cc2cccnc2)C1=O. The summed E-state index contributed by atoms with van der Waals surface area (Å²) in [5.74, 6) is 0.0264. The molecule has 1 saturated carbocycles. The van der Waals surface area contributed by atoms with Crippen LogP contribution in [0.1, 0.15) is 44.6 Å². The van der Waals surface area contributed by atoms with Crippen molar-refractivity contribution in [2.24, 2.45) is 0 Å². The molecule has 0 aromatic carbocycles. The fourth-order valence-corrected chi connectivity index (χ4v) is 3.50. The molecule has 5 heteroatoms. The Labute approximate surface area is 124 Å². The number of hydrogen-bond donors (Lipinski definition) is 1. The maximum Gasteiger partial charge on any atom is 0.246 e. The van der Waals surface area contributed by atoms with Gasteiger partial charge in [0.05, 0.1) is 0 Å². The van der Waals surface area contributed by atoms with Crippen molar-refractivity contribution in [1.29, 1.82) is 0 Å². The first-order valence-electron chi connectivity index (χ1n) is 7.65. The predicted octanol–water partition coefficient (Wildman–Crippen LogP) is 1.63. The van der Waals surface area contributed by atoms with Crippen LogP contribution in [0.25, 0.3) is 0 Å². The Balaban J connectivity index is 1.94. The van der Waals surface area contributed by atoms with E-state index in [9.17, 15) is 9.59 Å². The molecule has 1 saturated heterocycles. The second-order valence-electron chi connectivity index (χ2n) is 6.07. The highest BCUT2D eigenvalue weighted by Crippen LogP contribution is 2.37. The first-order valence-corrected chi connectivity index (χ1v) is 7.65. The Morgan fingerprint density at radius 2 is 2.10 bits per heavy atom. The molecule has 1 aromatic rings. The van der Waals surface area contributed by atoms with Gasteiger partial charge in [0, 0.05) is 18.9 Å². The highest BCUT2D eigenvalue weighted by Gasteiger charge is 2.51. The number of rotatable bonds is 2. The van der Waals surface area contributed by atoms with E-state index in [1.807, 2.05) is 12.1 Å². The van der Waals surface area contributed by atoms with Gasteiger partial charge in [-0.15, -0.1) is 0 Å². The van der Waals surface area contributed by atoms with Crippen LogP contribution in [0.4, 0.5) is 0 Å². The zero-order valence-electron chi connectivity index (χ0n) is 12.3. The maximum atomic E-state index is 12.6. The summed E-state index contributed by atoms with van der Waals surface area (Å²) >= 11 is 0. The minimum atomic E-state index is -0.655. The fourth-order valence-electron chi connectivity index (χ4n) is 3.50. The van der Waals surface area contributed by atoms with E-state index in [1.165, 1.54) is 0 Å². The Morgan fingerprint density at radius 3 is 2.76 bits per heavy atom. The lowest BCUT2D eigenvalue weighted by Crippen LogP contribution is -2.70. The highest BCUT2D eigenvalue weighted by atomic mass is 16.2. The van der Waals surface area contributed by atoms with Gasteiger partial charge >= 0.3 is 0 Å². The van der Waals surface area contributed by atoms with Gasteiger partial charge in [0.2, 0.25) is 11.8 Å². The average Bonchev–Trinajstić information content (AvgIpc) is 2.52. The molecule has 0 bridgehead atoms. The van der Waals surface area contributed by atoms with Gasteiger partial charge in [-0.25, -0.2) is 0 Å². The molecular weight excluding hydrogens is 266 g/mol. The summed E-state index contributed by atoms with van der Waals surface area (Å²) in [6.07, 6.45) is 8.14. The van der Waals surface area contributed by atoms with Gasteiger partial charge in [0.25, 0.3) is 0 Å². The van der Waals surface area contributed by atoms with Crippen molar-refractivity contribution >= 4 is 11.8 Å². The third-order valence-corrected chi connectivity index (χ3v) is 4.67. The molecule has 2 heterocycles. The number of hydrogen-bond acceptors (Lipinski definition) is 3. The molecule has 112 valence electrons. The summed E-state index contributed by atoms with van der Waals surface area (Å²) < 4.78 is 0. The number of carbonyl (C=O) groups is 2. The lowest BCUT2D eigenvalue weighted by molar-refractivity contribution is -0.160. The van der Waals surface area contributed by atoms with Crippen LogP contribution in [-0.2, 0) is 16.1 Å².